The van der Waals surface area contributed by atoms with Gasteiger partial charge in [-0.05, 0) is 22.9 Å². The van der Waals surface area contributed by atoms with Crippen molar-refractivity contribution in [2.75, 3.05) is 33.4 Å². The smallest absolute Gasteiger partial charge is 0.251 e. The van der Waals surface area contributed by atoms with E-state index in [1.165, 1.54) is 0 Å². The molecular weight excluding hydrogens is 368 g/mol. The predicted molar refractivity (Wildman–Crippen MR) is 96.0 cm³/mol. The molecule has 0 atom stereocenters. The maximum Gasteiger partial charge on any atom is 0.251 e. The molecule has 0 aliphatic heterocycles. The number of nitrogens with one attached hydrogen (secondary N) is 2. The second-order valence-corrected chi connectivity index (χ2v) is 5.59. The van der Waals surface area contributed by atoms with E-state index in [0.717, 1.165) is 28.3 Å². The summed E-state index contributed by atoms with van der Waals surface area (Å²) in [6.45, 7) is 2.76. The Morgan fingerprint density at radius 1 is 1.18 bits per heavy atom. The first-order valence-corrected chi connectivity index (χ1v) is 7.68. The van der Waals surface area contributed by atoms with Crippen molar-refractivity contribution in [2.45, 2.75) is 0 Å². The van der Waals surface area contributed by atoms with Crippen molar-refractivity contribution < 1.29 is 9.53 Å². The van der Waals surface area contributed by atoms with Crippen LogP contribution in [0, 0.1) is 0 Å². The van der Waals surface area contributed by atoms with Crippen LogP contribution in [0.5, 0.6) is 0 Å². The average molecular weight is 388 g/mol. The number of rotatable bonds is 7. The minimum Gasteiger partial charge on any atom is -0.383 e. The molecule has 0 heterocycles. The fourth-order valence-electron chi connectivity index (χ4n) is 2.12. The number of fused-ring (bicyclic) bond motifs is 1. The molecule has 0 saturated heterocycles. The summed E-state index contributed by atoms with van der Waals surface area (Å²) < 4.78 is 5.85. The number of hydrogen-bond acceptors (Lipinski definition) is 3. The maximum absolute atomic E-state index is 12.3. The highest BCUT2D eigenvalue weighted by atomic mass is 79.9. The van der Waals surface area contributed by atoms with Gasteiger partial charge in [0.05, 0.1) is 6.61 Å². The van der Waals surface area contributed by atoms with Crippen LogP contribution < -0.4 is 10.6 Å². The van der Waals surface area contributed by atoms with Gasteiger partial charge in [0.25, 0.3) is 5.91 Å². The van der Waals surface area contributed by atoms with Crippen molar-refractivity contribution in [3.8, 4) is 0 Å². The second-order valence-electron chi connectivity index (χ2n) is 4.67. The number of amides is 1. The highest BCUT2D eigenvalue weighted by Gasteiger charge is 2.10. The minimum absolute atomic E-state index is 0. The zero-order chi connectivity index (χ0) is 15.1. The van der Waals surface area contributed by atoms with Crippen molar-refractivity contribution in [2.24, 2.45) is 0 Å². The Bertz CT molecular complexity index is 622. The topological polar surface area (TPSA) is 50.4 Å². The molecule has 120 valence electrons. The zero-order valence-electron chi connectivity index (χ0n) is 12.4. The predicted octanol–water partition coefficient (Wildman–Crippen LogP) is 2.99. The van der Waals surface area contributed by atoms with Gasteiger partial charge in [0.15, 0.2) is 0 Å². The monoisotopic (exact) mass is 386 g/mol. The third kappa shape index (κ3) is 5.25. The van der Waals surface area contributed by atoms with Crippen LogP contribution in [0.3, 0.4) is 0 Å². The first kappa shape index (κ1) is 18.9. The Hall–Kier alpha value is -1.14. The van der Waals surface area contributed by atoms with Crippen LogP contribution in [-0.4, -0.2) is 39.3 Å². The van der Waals surface area contributed by atoms with Gasteiger partial charge in [-0.1, -0.05) is 40.2 Å². The van der Waals surface area contributed by atoms with Gasteiger partial charge in [0, 0.05) is 36.8 Å². The summed E-state index contributed by atoms with van der Waals surface area (Å²) in [5.74, 6) is -0.0546. The van der Waals surface area contributed by atoms with Crippen molar-refractivity contribution >= 4 is 45.0 Å². The van der Waals surface area contributed by atoms with Crippen molar-refractivity contribution in [3.05, 3.63) is 46.4 Å². The van der Waals surface area contributed by atoms with Crippen LogP contribution in [0.2, 0.25) is 0 Å². The summed E-state index contributed by atoms with van der Waals surface area (Å²) in [5, 5.41) is 8.14. The van der Waals surface area contributed by atoms with E-state index in [1.807, 2.05) is 36.4 Å². The molecule has 0 saturated carbocycles. The van der Waals surface area contributed by atoms with Crippen LogP contribution in [0.4, 0.5) is 0 Å². The number of hydrogen-bond donors (Lipinski definition) is 2. The summed E-state index contributed by atoms with van der Waals surface area (Å²) in [4.78, 5) is 12.3. The van der Waals surface area contributed by atoms with E-state index in [9.17, 15) is 4.79 Å². The van der Waals surface area contributed by atoms with Crippen molar-refractivity contribution in [1.29, 1.82) is 0 Å². The molecule has 2 rings (SSSR count). The van der Waals surface area contributed by atoms with Crippen LogP contribution in [0.25, 0.3) is 10.8 Å². The number of carbonyl (C=O) groups is 1. The molecule has 0 fully saturated rings. The van der Waals surface area contributed by atoms with E-state index in [0.29, 0.717) is 18.7 Å². The third-order valence-corrected chi connectivity index (χ3v) is 3.60. The summed E-state index contributed by atoms with van der Waals surface area (Å²) in [5.41, 5.74) is 0.692. The molecule has 0 radical (unpaired) electrons. The van der Waals surface area contributed by atoms with Crippen LogP contribution in [0.15, 0.2) is 40.9 Å². The Labute approximate surface area is 145 Å². The summed E-state index contributed by atoms with van der Waals surface area (Å²) in [6.07, 6.45) is 0. The van der Waals surface area contributed by atoms with E-state index < -0.39 is 0 Å². The molecule has 0 unspecified atom stereocenters. The lowest BCUT2D eigenvalue weighted by Crippen LogP contribution is -2.33. The zero-order valence-corrected chi connectivity index (χ0v) is 14.8. The van der Waals surface area contributed by atoms with Gasteiger partial charge in [-0.2, -0.15) is 0 Å². The SMILES string of the molecule is COCCNCCNC(=O)c1cc(Br)cc2ccccc12.Cl. The fourth-order valence-corrected chi connectivity index (χ4v) is 2.60. The quantitative estimate of drug-likeness (QED) is 0.718. The van der Waals surface area contributed by atoms with Crippen molar-refractivity contribution in [3.63, 3.8) is 0 Å². The normalized spacial score (nSPS) is 10.3. The Balaban J connectivity index is 0.00000242. The second kappa shape index (κ2) is 9.79. The number of ether oxygens (including phenoxy) is 1. The number of halogens is 2. The van der Waals surface area contributed by atoms with Crippen LogP contribution >= 0.6 is 28.3 Å². The molecule has 0 aromatic heterocycles. The summed E-state index contributed by atoms with van der Waals surface area (Å²) >= 11 is 3.46. The molecule has 0 aliphatic carbocycles. The number of benzene rings is 2. The van der Waals surface area contributed by atoms with Gasteiger partial charge in [0.2, 0.25) is 0 Å². The van der Waals surface area contributed by atoms with Gasteiger partial charge in [-0.3, -0.25) is 4.79 Å². The lowest BCUT2D eigenvalue weighted by Gasteiger charge is -2.09. The van der Waals surface area contributed by atoms with E-state index in [-0.39, 0.29) is 18.3 Å². The Morgan fingerprint density at radius 2 is 1.95 bits per heavy atom. The van der Waals surface area contributed by atoms with Crippen LogP contribution in [0.1, 0.15) is 10.4 Å². The molecule has 0 bridgehead atoms. The minimum atomic E-state index is -0.0546. The largest absolute Gasteiger partial charge is 0.383 e. The molecule has 1 amide bonds. The van der Waals surface area contributed by atoms with E-state index >= 15 is 0 Å². The molecule has 4 nitrogen and oxygen atoms in total. The first-order chi connectivity index (χ1) is 10.2. The maximum atomic E-state index is 12.3. The lowest BCUT2D eigenvalue weighted by molar-refractivity contribution is 0.0955. The molecule has 2 N–H and O–H groups in total. The van der Waals surface area contributed by atoms with Gasteiger partial charge < -0.3 is 15.4 Å². The standard InChI is InChI=1S/C16H19BrN2O2.ClH/c1-21-9-8-18-6-7-19-16(20)15-11-13(17)10-12-4-2-3-5-14(12)15;/h2-5,10-11,18H,6-9H2,1H3,(H,19,20);1H. The van der Waals surface area contributed by atoms with E-state index in [4.69, 9.17) is 4.74 Å². The van der Waals surface area contributed by atoms with Gasteiger partial charge in [-0.25, -0.2) is 0 Å². The highest BCUT2D eigenvalue weighted by Crippen LogP contribution is 2.24. The first-order valence-electron chi connectivity index (χ1n) is 6.88. The molecule has 0 aliphatic rings. The molecule has 6 heteroatoms. The molecular formula is C16H20BrClN2O2. The average Bonchev–Trinajstić information content (AvgIpc) is 2.49. The highest BCUT2D eigenvalue weighted by molar-refractivity contribution is 9.10. The van der Waals surface area contributed by atoms with Crippen molar-refractivity contribution in [1.82, 2.24) is 10.6 Å². The number of carbonyl (C=O) groups excluding carboxylic acids is 1. The summed E-state index contributed by atoms with van der Waals surface area (Å²) in [6, 6.07) is 11.8. The molecule has 2 aromatic rings. The molecule has 2 aromatic carbocycles. The Morgan fingerprint density at radius 3 is 2.73 bits per heavy atom. The molecule has 22 heavy (non-hydrogen) atoms. The van der Waals surface area contributed by atoms with E-state index in [1.54, 1.807) is 7.11 Å². The third-order valence-electron chi connectivity index (χ3n) is 3.14. The van der Waals surface area contributed by atoms with Crippen LogP contribution in [-0.2, 0) is 4.74 Å². The summed E-state index contributed by atoms with van der Waals surface area (Å²) in [7, 11) is 1.67. The van der Waals surface area contributed by atoms with E-state index in [2.05, 4.69) is 26.6 Å². The van der Waals surface area contributed by atoms with Gasteiger partial charge in [-0.15, -0.1) is 12.4 Å². The fraction of sp³-hybridized carbons (Fsp3) is 0.312. The Kier molecular flexibility index (Phi) is 8.42. The lowest BCUT2D eigenvalue weighted by atomic mass is 10.0. The molecule has 0 spiro atoms. The van der Waals surface area contributed by atoms with Gasteiger partial charge in [0.1, 0.15) is 0 Å². The van der Waals surface area contributed by atoms with Gasteiger partial charge >= 0.3 is 0 Å². The number of methoxy groups -OCH3 is 1.